The number of hydrogen-bond acceptors (Lipinski definition) is 2. The van der Waals surface area contributed by atoms with Crippen molar-refractivity contribution in [3.8, 4) is 0 Å². The molecule has 0 bridgehead atoms. The van der Waals surface area contributed by atoms with E-state index in [1.807, 2.05) is 22.8 Å². The second-order valence-electron chi connectivity index (χ2n) is 4.11. The quantitative estimate of drug-likeness (QED) is 0.835. The van der Waals surface area contributed by atoms with Gasteiger partial charge in [-0.3, -0.25) is 4.57 Å². The lowest BCUT2D eigenvalue weighted by atomic mass is 10.2. The van der Waals surface area contributed by atoms with E-state index in [0.29, 0.717) is 0 Å². The maximum Gasteiger partial charge on any atom is 0.326 e. The van der Waals surface area contributed by atoms with Crippen LogP contribution in [0.4, 0.5) is 0 Å². The summed E-state index contributed by atoms with van der Waals surface area (Å²) in [6.07, 6.45) is 1.01. The first-order valence-electron chi connectivity index (χ1n) is 5.36. The van der Waals surface area contributed by atoms with E-state index in [0.717, 1.165) is 35.0 Å². The number of nitrogens with one attached hydrogen (secondary N) is 2. The van der Waals surface area contributed by atoms with Gasteiger partial charge in [-0.05, 0) is 31.2 Å². The average Bonchev–Trinajstić information content (AvgIpc) is 2.83. The SMILES string of the molecule is O=c1[nH]c2ccc(Br)cc2n1C1CCNC1. The second-order valence-corrected chi connectivity index (χ2v) is 5.02. The smallest absolute Gasteiger partial charge is 0.315 e. The van der Waals surface area contributed by atoms with Gasteiger partial charge in [0.15, 0.2) is 0 Å². The molecule has 1 atom stereocenters. The van der Waals surface area contributed by atoms with Crippen molar-refractivity contribution in [3.05, 3.63) is 33.2 Å². The maximum absolute atomic E-state index is 11.9. The molecule has 1 unspecified atom stereocenters. The molecule has 1 aromatic carbocycles. The van der Waals surface area contributed by atoms with E-state index in [1.165, 1.54) is 0 Å². The summed E-state index contributed by atoms with van der Waals surface area (Å²) in [4.78, 5) is 14.8. The number of halogens is 1. The van der Waals surface area contributed by atoms with E-state index < -0.39 is 0 Å². The fourth-order valence-corrected chi connectivity index (χ4v) is 2.67. The van der Waals surface area contributed by atoms with Crippen LogP contribution in [0.25, 0.3) is 11.0 Å². The molecule has 0 amide bonds. The molecule has 84 valence electrons. The van der Waals surface area contributed by atoms with Crippen molar-refractivity contribution in [1.82, 2.24) is 14.9 Å². The van der Waals surface area contributed by atoms with Crippen LogP contribution < -0.4 is 11.0 Å². The van der Waals surface area contributed by atoms with Crippen LogP contribution in [0.1, 0.15) is 12.5 Å². The summed E-state index contributed by atoms with van der Waals surface area (Å²) in [6.45, 7) is 1.86. The molecular weight excluding hydrogens is 270 g/mol. The van der Waals surface area contributed by atoms with Gasteiger partial charge in [0.2, 0.25) is 0 Å². The van der Waals surface area contributed by atoms with Gasteiger partial charge < -0.3 is 10.3 Å². The fraction of sp³-hybridized carbons (Fsp3) is 0.364. The highest BCUT2D eigenvalue weighted by atomic mass is 79.9. The molecule has 0 aliphatic carbocycles. The zero-order chi connectivity index (χ0) is 11.1. The van der Waals surface area contributed by atoms with Gasteiger partial charge in [-0.15, -0.1) is 0 Å². The standard InChI is InChI=1S/C11H12BrN3O/c12-7-1-2-9-10(5-7)15(11(16)14-9)8-3-4-13-6-8/h1-2,5,8,13H,3-4,6H2,(H,14,16). The number of H-pyrrole nitrogens is 1. The van der Waals surface area contributed by atoms with Gasteiger partial charge in [0.05, 0.1) is 17.1 Å². The third kappa shape index (κ3) is 1.51. The number of aromatic nitrogens is 2. The van der Waals surface area contributed by atoms with Gasteiger partial charge in [0.25, 0.3) is 0 Å². The topological polar surface area (TPSA) is 49.8 Å². The van der Waals surface area contributed by atoms with Crippen molar-refractivity contribution in [2.75, 3.05) is 13.1 Å². The highest BCUT2D eigenvalue weighted by Gasteiger charge is 2.20. The fourth-order valence-electron chi connectivity index (χ4n) is 2.32. The highest BCUT2D eigenvalue weighted by Crippen LogP contribution is 2.22. The van der Waals surface area contributed by atoms with Crippen LogP contribution in [0.15, 0.2) is 27.5 Å². The van der Waals surface area contributed by atoms with E-state index in [9.17, 15) is 4.79 Å². The lowest BCUT2D eigenvalue weighted by molar-refractivity contribution is 0.546. The van der Waals surface area contributed by atoms with Gasteiger partial charge >= 0.3 is 5.69 Å². The first-order valence-corrected chi connectivity index (χ1v) is 6.15. The lowest BCUT2D eigenvalue weighted by Crippen LogP contribution is -2.23. The summed E-state index contributed by atoms with van der Waals surface area (Å²) in [5.74, 6) is 0. The van der Waals surface area contributed by atoms with E-state index in [-0.39, 0.29) is 11.7 Å². The zero-order valence-electron chi connectivity index (χ0n) is 8.66. The molecule has 0 saturated carbocycles. The summed E-state index contributed by atoms with van der Waals surface area (Å²) in [7, 11) is 0. The molecule has 0 radical (unpaired) electrons. The van der Waals surface area contributed by atoms with Gasteiger partial charge in [-0.1, -0.05) is 15.9 Å². The number of fused-ring (bicyclic) bond motifs is 1. The number of imidazole rings is 1. The normalized spacial score (nSPS) is 20.7. The summed E-state index contributed by atoms with van der Waals surface area (Å²) >= 11 is 3.44. The monoisotopic (exact) mass is 281 g/mol. The van der Waals surface area contributed by atoms with Gasteiger partial charge in [0, 0.05) is 11.0 Å². The third-order valence-electron chi connectivity index (χ3n) is 3.08. The number of aromatic amines is 1. The Morgan fingerprint density at radius 2 is 2.31 bits per heavy atom. The molecule has 1 fully saturated rings. The van der Waals surface area contributed by atoms with Crippen molar-refractivity contribution in [2.24, 2.45) is 0 Å². The molecule has 1 aromatic heterocycles. The third-order valence-corrected chi connectivity index (χ3v) is 3.57. The van der Waals surface area contributed by atoms with Crippen LogP contribution >= 0.6 is 15.9 Å². The average molecular weight is 282 g/mol. The van der Waals surface area contributed by atoms with E-state index in [2.05, 4.69) is 26.2 Å². The molecule has 4 nitrogen and oxygen atoms in total. The minimum Gasteiger partial charge on any atom is -0.315 e. The van der Waals surface area contributed by atoms with Crippen LogP contribution in [-0.2, 0) is 0 Å². The van der Waals surface area contributed by atoms with Gasteiger partial charge in [0.1, 0.15) is 0 Å². The maximum atomic E-state index is 11.9. The number of nitrogens with zero attached hydrogens (tertiary/aromatic N) is 1. The Bertz CT molecular complexity index is 580. The van der Waals surface area contributed by atoms with Crippen LogP contribution in [0.3, 0.4) is 0 Å². The molecule has 2 aromatic rings. The molecule has 0 spiro atoms. The van der Waals surface area contributed by atoms with Crippen molar-refractivity contribution in [3.63, 3.8) is 0 Å². The minimum absolute atomic E-state index is 0.0122. The Labute approximate surface area is 101 Å². The molecular formula is C11H12BrN3O. The number of hydrogen-bond donors (Lipinski definition) is 2. The van der Waals surface area contributed by atoms with E-state index in [4.69, 9.17) is 0 Å². The Balaban J connectivity index is 2.25. The first kappa shape index (κ1) is 10.1. The van der Waals surface area contributed by atoms with Gasteiger partial charge in [-0.25, -0.2) is 4.79 Å². The highest BCUT2D eigenvalue weighted by molar-refractivity contribution is 9.10. The molecule has 5 heteroatoms. The second kappa shape index (κ2) is 3.75. The Kier molecular flexibility index (Phi) is 2.37. The van der Waals surface area contributed by atoms with Crippen molar-refractivity contribution in [1.29, 1.82) is 0 Å². The van der Waals surface area contributed by atoms with Crippen LogP contribution in [-0.4, -0.2) is 22.6 Å². The predicted molar refractivity (Wildman–Crippen MR) is 66.8 cm³/mol. The molecule has 1 aliphatic heterocycles. The van der Waals surface area contributed by atoms with Crippen LogP contribution in [0, 0.1) is 0 Å². The number of benzene rings is 1. The molecule has 1 aliphatic rings. The largest absolute Gasteiger partial charge is 0.326 e. The zero-order valence-corrected chi connectivity index (χ0v) is 10.3. The van der Waals surface area contributed by atoms with E-state index in [1.54, 1.807) is 0 Å². The van der Waals surface area contributed by atoms with E-state index >= 15 is 0 Å². The minimum atomic E-state index is -0.0122. The lowest BCUT2D eigenvalue weighted by Gasteiger charge is -2.10. The Morgan fingerprint density at radius 3 is 3.06 bits per heavy atom. The molecule has 1 saturated heterocycles. The van der Waals surface area contributed by atoms with Crippen molar-refractivity contribution in [2.45, 2.75) is 12.5 Å². The molecule has 2 N–H and O–H groups in total. The predicted octanol–water partition coefficient (Wildman–Crippen LogP) is 1.63. The summed E-state index contributed by atoms with van der Waals surface area (Å²) < 4.78 is 2.86. The summed E-state index contributed by atoms with van der Waals surface area (Å²) in [5, 5.41) is 3.28. The molecule has 2 heterocycles. The summed E-state index contributed by atoms with van der Waals surface area (Å²) in [5.41, 5.74) is 1.87. The number of rotatable bonds is 1. The van der Waals surface area contributed by atoms with Crippen molar-refractivity contribution < 1.29 is 0 Å². The van der Waals surface area contributed by atoms with Gasteiger partial charge in [-0.2, -0.15) is 0 Å². The Morgan fingerprint density at radius 1 is 1.44 bits per heavy atom. The van der Waals surface area contributed by atoms with Crippen LogP contribution in [0.2, 0.25) is 0 Å². The van der Waals surface area contributed by atoms with Crippen LogP contribution in [0.5, 0.6) is 0 Å². The molecule has 16 heavy (non-hydrogen) atoms. The van der Waals surface area contributed by atoms with Crippen molar-refractivity contribution >= 4 is 27.0 Å². The Hall–Kier alpha value is -1.07. The summed E-state index contributed by atoms with van der Waals surface area (Å²) in [6, 6.07) is 6.14. The molecule has 3 rings (SSSR count). The first-order chi connectivity index (χ1) is 7.75.